The molecule has 1 rings (SSSR count). The van der Waals surface area contributed by atoms with E-state index in [1.54, 1.807) is 0 Å². The maximum absolute atomic E-state index is 5.40. The molecular formula is C7H14O2. The van der Waals surface area contributed by atoms with Crippen LogP contribution in [-0.2, 0) is 9.47 Å². The number of ether oxygens (including phenoxy) is 2. The molecule has 0 spiro atoms. The van der Waals surface area contributed by atoms with Crippen molar-refractivity contribution in [2.45, 2.75) is 33.2 Å². The van der Waals surface area contributed by atoms with Crippen LogP contribution in [0.5, 0.6) is 0 Å². The van der Waals surface area contributed by atoms with Crippen molar-refractivity contribution in [3.63, 3.8) is 0 Å². The topological polar surface area (TPSA) is 18.5 Å². The fourth-order valence-corrected chi connectivity index (χ4v) is 0.887. The molecule has 2 heteroatoms. The lowest BCUT2D eigenvalue weighted by Crippen LogP contribution is -2.16. The summed E-state index contributed by atoms with van der Waals surface area (Å²) >= 11 is 0. The summed E-state index contributed by atoms with van der Waals surface area (Å²) in [6.07, 6.45) is 0.331. The summed E-state index contributed by atoms with van der Waals surface area (Å²) in [5, 5.41) is 0. The predicted molar refractivity (Wildman–Crippen MR) is 35.1 cm³/mol. The highest BCUT2D eigenvalue weighted by molar-refractivity contribution is 4.61. The van der Waals surface area contributed by atoms with Crippen molar-refractivity contribution in [1.82, 2.24) is 0 Å². The Hall–Kier alpha value is -0.0800. The highest BCUT2D eigenvalue weighted by atomic mass is 16.7. The lowest BCUT2D eigenvalue weighted by molar-refractivity contribution is -0.0846. The Morgan fingerprint density at radius 1 is 1.44 bits per heavy atom. The van der Waals surface area contributed by atoms with Crippen LogP contribution in [0.1, 0.15) is 20.8 Å². The minimum atomic E-state index is 0.0417. The van der Waals surface area contributed by atoms with E-state index in [1.807, 2.05) is 6.92 Å². The molecule has 2 atom stereocenters. The lowest BCUT2D eigenvalue weighted by atomic mass is 10.2. The molecule has 1 fully saturated rings. The molecule has 0 aromatic carbocycles. The summed E-state index contributed by atoms with van der Waals surface area (Å²) < 4.78 is 10.7. The van der Waals surface area contributed by atoms with Crippen molar-refractivity contribution in [2.24, 2.45) is 5.92 Å². The van der Waals surface area contributed by atoms with Gasteiger partial charge in [-0.15, -0.1) is 0 Å². The maximum atomic E-state index is 5.40. The number of rotatable bonds is 1. The van der Waals surface area contributed by atoms with Crippen LogP contribution in [0.4, 0.5) is 0 Å². The zero-order valence-electron chi connectivity index (χ0n) is 6.26. The van der Waals surface area contributed by atoms with Crippen LogP contribution in [0, 0.1) is 5.92 Å². The van der Waals surface area contributed by atoms with E-state index in [2.05, 4.69) is 13.8 Å². The molecule has 0 N–H and O–H groups in total. The van der Waals surface area contributed by atoms with E-state index >= 15 is 0 Å². The Morgan fingerprint density at radius 2 is 2.11 bits per heavy atom. The lowest BCUT2D eigenvalue weighted by Gasteiger charge is -2.12. The maximum Gasteiger partial charge on any atom is 0.160 e. The number of hydrogen-bond acceptors (Lipinski definition) is 2. The van der Waals surface area contributed by atoms with Gasteiger partial charge in [0.1, 0.15) is 0 Å². The quantitative estimate of drug-likeness (QED) is 0.534. The highest BCUT2D eigenvalue weighted by Crippen LogP contribution is 2.17. The summed E-state index contributed by atoms with van der Waals surface area (Å²) in [6, 6.07) is 0. The third kappa shape index (κ3) is 1.66. The van der Waals surface area contributed by atoms with Gasteiger partial charge >= 0.3 is 0 Å². The minimum Gasteiger partial charge on any atom is -0.350 e. The fourth-order valence-electron chi connectivity index (χ4n) is 0.887. The van der Waals surface area contributed by atoms with Gasteiger partial charge in [0, 0.05) is 5.92 Å². The van der Waals surface area contributed by atoms with Crippen molar-refractivity contribution >= 4 is 0 Å². The van der Waals surface area contributed by atoms with Crippen LogP contribution < -0.4 is 0 Å². The van der Waals surface area contributed by atoms with Gasteiger partial charge in [-0.3, -0.25) is 0 Å². The van der Waals surface area contributed by atoms with Crippen molar-refractivity contribution in [3.05, 3.63) is 0 Å². The van der Waals surface area contributed by atoms with E-state index in [0.29, 0.717) is 5.92 Å². The zero-order chi connectivity index (χ0) is 6.85. The van der Waals surface area contributed by atoms with Crippen LogP contribution in [0.15, 0.2) is 0 Å². The monoisotopic (exact) mass is 130 g/mol. The molecule has 54 valence electrons. The van der Waals surface area contributed by atoms with Gasteiger partial charge in [0.2, 0.25) is 0 Å². The van der Waals surface area contributed by atoms with Gasteiger partial charge in [0.25, 0.3) is 0 Å². The zero-order valence-corrected chi connectivity index (χ0v) is 6.26. The molecule has 0 bridgehead atoms. The van der Waals surface area contributed by atoms with Gasteiger partial charge in [-0.05, 0) is 6.92 Å². The largest absolute Gasteiger partial charge is 0.350 e. The molecule has 0 unspecified atom stereocenters. The first-order valence-electron chi connectivity index (χ1n) is 3.47. The Labute approximate surface area is 56.2 Å². The molecule has 1 aliphatic heterocycles. The molecule has 2 nitrogen and oxygen atoms in total. The van der Waals surface area contributed by atoms with Crippen molar-refractivity contribution in [1.29, 1.82) is 0 Å². The smallest absolute Gasteiger partial charge is 0.160 e. The second-order valence-electron chi connectivity index (χ2n) is 2.89. The summed E-state index contributed by atoms with van der Waals surface area (Å²) in [6.45, 7) is 6.98. The molecule has 0 radical (unpaired) electrons. The Bertz CT molecular complexity index is 90.9. The standard InChI is InChI=1S/C7H14O2/c1-5(2)7-8-4-6(3)9-7/h5-7H,4H2,1-3H3/t6-,7+/m0/s1. The molecule has 9 heavy (non-hydrogen) atoms. The number of hydrogen-bond donors (Lipinski definition) is 0. The Balaban J connectivity index is 2.30. The van der Waals surface area contributed by atoms with Crippen molar-refractivity contribution in [2.75, 3.05) is 6.61 Å². The Kier molecular flexibility index (Phi) is 2.09. The van der Waals surface area contributed by atoms with E-state index in [4.69, 9.17) is 9.47 Å². The first kappa shape index (κ1) is 7.03. The molecular weight excluding hydrogens is 116 g/mol. The van der Waals surface area contributed by atoms with Crippen molar-refractivity contribution < 1.29 is 9.47 Å². The van der Waals surface area contributed by atoms with E-state index in [0.717, 1.165) is 6.61 Å². The minimum absolute atomic E-state index is 0.0417. The van der Waals surface area contributed by atoms with Gasteiger partial charge in [0.05, 0.1) is 12.7 Å². The predicted octanol–water partition coefficient (Wildman–Crippen LogP) is 1.40. The van der Waals surface area contributed by atoms with Gasteiger partial charge < -0.3 is 9.47 Å². The van der Waals surface area contributed by atoms with Gasteiger partial charge in [0.15, 0.2) is 6.29 Å². The molecule has 0 aliphatic carbocycles. The molecule has 0 amide bonds. The molecule has 1 aliphatic rings. The third-order valence-corrected chi connectivity index (χ3v) is 1.41. The molecule has 0 aromatic rings. The van der Waals surface area contributed by atoms with Crippen LogP contribution >= 0.6 is 0 Å². The normalized spacial score (nSPS) is 36.0. The van der Waals surface area contributed by atoms with Crippen LogP contribution in [0.3, 0.4) is 0 Å². The van der Waals surface area contributed by atoms with E-state index < -0.39 is 0 Å². The SMILES string of the molecule is CC(C)[C@@H]1OC[C@H](C)O1. The van der Waals surface area contributed by atoms with E-state index in [9.17, 15) is 0 Å². The summed E-state index contributed by atoms with van der Waals surface area (Å²) in [4.78, 5) is 0. The van der Waals surface area contributed by atoms with Gasteiger partial charge in [-0.1, -0.05) is 13.8 Å². The van der Waals surface area contributed by atoms with Gasteiger partial charge in [-0.25, -0.2) is 0 Å². The summed E-state index contributed by atoms with van der Waals surface area (Å²) in [7, 11) is 0. The first-order valence-corrected chi connectivity index (χ1v) is 3.47. The van der Waals surface area contributed by atoms with Crippen LogP contribution in [-0.4, -0.2) is 19.0 Å². The molecule has 1 saturated heterocycles. The average Bonchev–Trinajstić information content (AvgIpc) is 2.14. The van der Waals surface area contributed by atoms with E-state index in [1.165, 1.54) is 0 Å². The second-order valence-corrected chi connectivity index (χ2v) is 2.89. The average molecular weight is 130 g/mol. The third-order valence-electron chi connectivity index (χ3n) is 1.41. The summed E-state index contributed by atoms with van der Waals surface area (Å²) in [5.41, 5.74) is 0. The van der Waals surface area contributed by atoms with Crippen molar-refractivity contribution in [3.8, 4) is 0 Å². The van der Waals surface area contributed by atoms with Crippen LogP contribution in [0.2, 0.25) is 0 Å². The van der Waals surface area contributed by atoms with Gasteiger partial charge in [-0.2, -0.15) is 0 Å². The summed E-state index contributed by atoms with van der Waals surface area (Å²) in [5.74, 6) is 0.481. The second kappa shape index (κ2) is 2.67. The fraction of sp³-hybridized carbons (Fsp3) is 1.00. The Morgan fingerprint density at radius 3 is 2.33 bits per heavy atom. The van der Waals surface area contributed by atoms with Crippen LogP contribution in [0.25, 0.3) is 0 Å². The highest BCUT2D eigenvalue weighted by Gasteiger charge is 2.24. The van der Waals surface area contributed by atoms with E-state index in [-0.39, 0.29) is 12.4 Å². The molecule has 0 aromatic heterocycles. The molecule has 1 heterocycles. The molecule has 0 saturated carbocycles. The first-order chi connectivity index (χ1) is 4.20.